The smallest absolute Gasteiger partial charge is 0.307 e. The molecule has 0 spiro atoms. The Kier molecular flexibility index (Phi) is 3.25. The Morgan fingerprint density at radius 2 is 2.07 bits per heavy atom. The number of hydrogen-bond donors (Lipinski definition) is 1. The lowest BCUT2D eigenvalue weighted by Crippen LogP contribution is -2.05. The van der Waals surface area contributed by atoms with Gasteiger partial charge in [-0.15, -0.1) is 0 Å². The van der Waals surface area contributed by atoms with E-state index >= 15 is 0 Å². The number of aliphatic carboxylic acids is 1. The van der Waals surface area contributed by atoms with Gasteiger partial charge in [0.1, 0.15) is 0 Å². The summed E-state index contributed by atoms with van der Waals surface area (Å²) in [5, 5.41) is 7.97. The Labute approximate surface area is 86.3 Å². The Hall–Kier alpha value is -1.35. The van der Waals surface area contributed by atoms with Crippen LogP contribution in [0.15, 0.2) is 18.2 Å². The van der Waals surface area contributed by atoms with Crippen molar-refractivity contribution in [1.82, 2.24) is 0 Å². The molecule has 1 rings (SSSR count). The molecule has 0 heterocycles. The molecule has 0 aliphatic rings. The molecule has 1 aromatic rings. The normalized spacial score (nSPS) is 9.86. The minimum atomic E-state index is -0.979. The zero-order chi connectivity index (χ0) is 10.7. The number of benzene rings is 1. The van der Waals surface area contributed by atoms with Gasteiger partial charge in [-0.1, -0.05) is 17.7 Å². The highest BCUT2D eigenvalue weighted by molar-refractivity contribution is 6.68. The Morgan fingerprint density at radius 3 is 2.57 bits per heavy atom. The summed E-state index contributed by atoms with van der Waals surface area (Å²) in [6.45, 7) is 1.81. The molecule has 14 heavy (non-hydrogen) atoms. The summed E-state index contributed by atoms with van der Waals surface area (Å²) in [6, 6.07) is 4.95. The van der Waals surface area contributed by atoms with Crippen LogP contribution in [-0.2, 0) is 11.2 Å². The molecule has 4 heteroatoms. The molecular formula is C10H9ClO3. The molecule has 0 amide bonds. The third kappa shape index (κ3) is 2.57. The summed E-state index contributed by atoms with van der Waals surface area (Å²) in [4.78, 5) is 21.4. The highest BCUT2D eigenvalue weighted by atomic mass is 35.5. The summed E-state index contributed by atoms with van der Waals surface area (Å²) in [5.74, 6) is -0.979. The molecular weight excluding hydrogens is 204 g/mol. The van der Waals surface area contributed by atoms with E-state index in [2.05, 4.69) is 0 Å². The highest BCUT2D eigenvalue weighted by Gasteiger charge is 2.11. The van der Waals surface area contributed by atoms with Gasteiger partial charge in [-0.25, -0.2) is 0 Å². The molecule has 1 N–H and O–H groups in total. The van der Waals surface area contributed by atoms with Crippen molar-refractivity contribution in [3.05, 3.63) is 34.9 Å². The van der Waals surface area contributed by atoms with Crippen molar-refractivity contribution in [3.8, 4) is 0 Å². The minimum absolute atomic E-state index is 0.186. The van der Waals surface area contributed by atoms with E-state index in [1.54, 1.807) is 18.2 Å². The molecule has 1 aromatic carbocycles. The van der Waals surface area contributed by atoms with Gasteiger partial charge in [-0.3, -0.25) is 9.59 Å². The number of halogens is 1. The van der Waals surface area contributed by atoms with Crippen LogP contribution in [0, 0.1) is 6.92 Å². The van der Waals surface area contributed by atoms with Crippen molar-refractivity contribution < 1.29 is 14.7 Å². The average molecular weight is 213 g/mol. The lowest BCUT2D eigenvalue weighted by molar-refractivity contribution is -0.136. The average Bonchev–Trinajstić information content (AvgIpc) is 2.07. The molecule has 0 unspecified atom stereocenters. The van der Waals surface area contributed by atoms with Crippen molar-refractivity contribution in [2.75, 3.05) is 0 Å². The molecule has 0 fully saturated rings. The first-order valence-corrected chi connectivity index (χ1v) is 4.39. The van der Waals surface area contributed by atoms with E-state index in [4.69, 9.17) is 16.7 Å². The van der Waals surface area contributed by atoms with Crippen LogP contribution in [0.25, 0.3) is 0 Å². The fourth-order valence-electron chi connectivity index (χ4n) is 1.19. The van der Waals surface area contributed by atoms with Crippen LogP contribution in [0.2, 0.25) is 0 Å². The number of hydrogen-bond acceptors (Lipinski definition) is 2. The minimum Gasteiger partial charge on any atom is -0.481 e. The Bertz CT molecular complexity index is 385. The summed E-state index contributed by atoms with van der Waals surface area (Å²) < 4.78 is 0. The lowest BCUT2D eigenvalue weighted by Gasteiger charge is -2.04. The maximum Gasteiger partial charge on any atom is 0.307 e. The van der Waals surface area contributed by atoms with Crippen LogP contribution in [0.4, 0.5) is 0 Å². The van der Waals surface area contributed by atoms with E-state index in [0.29, 0.717) is 5.56 Å². The Balaban J connectivity index is 3.14. The molecule has 0 aliphatic heterocycles. The van der Waals surface area contributed by atoms with Gasteiger partial charge in [0, 0.05) is 5.56 Å². The number of rotatable bonds is 3. The van der Waals surface area contributed by atoms with Crippen LogP contribution >= 0.6 is 11.6 Å². The number of carboxylic acids is 1. The molecule has 0 aromatic heterocycles. The van der Waals surface area contributed by atoms with E-state index < -0.39 is 11.2 Å². The van der Waals surface area contributed by atoms with E-state index in [9.17, 15) is 9.59 Å². The molecule has 0 radical (unpaired) electrons. The lowest BCUT2D eigenvalue weighted by atomic mass is 10.0. The second-order valence-electron chi connectivity index (χ2n) is 3.00. The number of aryl methyl sites for hydroxylation is 1. The number of carbonyl (C=O) groups excluding carboxylic acids is 1. The second kappa shape index (κ2) is 4.24. The van der Waals surface area contributed by atoms with E-state index in [0.717, 1.165) is 5.56 Å². The zero-order valence-corrected chi connectivity index (χ0v) is 8.34. The standard InChI is InChI=1S/C10H9ClO3/c1-6-2-3-7(5-9(12)13)8(4-6)10(11)14/h2-4H,5H2,1H3,(H,12,13). The maximum absolute atomic E-state index is 11.0. The van der Waals surface area contributed by atoms with Gasteiger partial charge in [-0.2, -0.15) is 0 Å². The molecule has 0 saturated carbocycles. The van der Waals surface area contributed by atoms with Crippen LogP contribution in [0.1, 0.15) is 21.5 Å². The molecule has 0 bridgehead atoms. The van der Waals surface area contributed by atoms with Gasteiger partial charge in [0.2, 0.25) is 0 Å². The number of carbonyl (C=O) groups is 2. The van der Waals surface area contributed by atoms with Crippen molar-refractivity contribution in [1.29, 1.82) is 0 Å². The first-order valence-electron chi connectivity index (χ1n) is 4.02. The topological polar surface area (TPSA) is 54.4 Å². The third-order valence-corrected chi connectivity index (χ3v) is 2.02. The molecule has 3 nitrogen and oxygen atoms in total. The summed E-state index contributed by atoms with van der Waals surface area (Å²) in [7, 11) is 0. The Morgan fingerprint density at radius 1 is 1.43 bits per heavy atom. The largest absolute Gasteiger partial charge is 0.481 e. The van der Waals surface area contributed by atoms with Gasteiger partial charge < -0.3 is 5.11 Å². The monoisotopic (exact) mass is 212 g/mol. The third-order valence-electron chi connectivity index (χ3n) is 1.82. The maximum atomic E-state index is 11.0. The summed E-state index contributed by atoms with van der Waals surface area (Å²) >= 11 is 5.33. The molecule has 0 atom stereocenters. The van der Waals surface area contributed by atoms with Crippen LogP contribution in [0.5, 0.6) is 0 Å². The molecule has 0 aliphatic carbocycles. The predicted octanol–water partition coefficient (Wildman–Crippen LogP) is 2.00. The van der Waals surface area contributed by atoms with Crippen LogP contribution in [0.3, 0.4) is 0 Å². The van der Waals surface area contributed by atoms with Crippen molar-refractivity contribution in [3.63, 3.8) is 0 Å². The fourth-order valence-corrected chi connectivity index (χ4v) is 1.37. The van der Waals surface area contributed by atoms with E-state index in [1.807, 2.05) is 6.92 Å². The van der Waals surface area contributed by atoms with Gasteiger partial charge in [0.15, 0.2) is 0 Å². The first kappa shape index (κ1) is 10.7. The van der Waals surface area contributed by atoms with Crippen molar-refractivity contribution in [2.45, 2.75) is 13.3 Å². The quantitative estimate of drug-likeness (QED) is 0.780. The fraction of sp³-hybridized carbons (Fsp3) is 0.200. The van der Waals surface area contributed by atoms with E-state index in [-0.39, 0.29) is 12.0 Å². The van der Waals surface area contributed by atoms with Gasteiger partial charge in [0.25, 0.3) is 5.24 Å². The first-order chi connectivity index (χ1) is 6.50. The van der Waals surface area contributed by atoms with Crippen molar-refractivity contribution >= 4 is 22.8 Å². The van der Waals surface area contributed by atoms with Crippen molar-refractivity contribution in [2.24, 2.45) is 0 Å². The van der Waals surface area contributed by atoms with Gasteiger partial charge in [0.05, 0.1) is 6.42 Å². The van der Waals surface area contributed by atoms with Crippen LogP contribution in [-0.4, -0.2) is 16.3 Å². The number of carboxylic acid groups (broad SMARTS) is 1. The van der Waals surface area contributed by atoms with E-state index in [1.165, 1.54) is 0 Å². The highest BCUT2D eigenvalue weighted by Crippen LogP contribution is 2.14. The molecule has 0 saturated heterocycles. The summed E-state index contributed by atoms with van der Waals surface area (Å²) in [6.07, 6.45) is -0.186. The molecule has 74 valence electrons. The SMILES string of the molecule is Cc1ccc(CC(=O)O)c(C(=O)Cl)c1. The zero-order valence-electron chi connectivity index (χ0n) is 7.58. The van der Waals surface area contributed by atoms with Gasteiger partial charge in [-0.05, 0) is 30.2 Å². The van der Waals surface area contributed by atoms with Crippen LogP contribution < -0.4 is 0 Å². The summed E-state index contributed by atoms with van der Waals surface area (Å²) in [5.41, 5.74) is 1.60. The van der Waals surface area contributed by atoms with Gasteiger partial charge >= 0.3 is 5.97 Å². The second-order valence-corrected chi connectivity index (χ2v) is 3.35. The predicted molar refractivity (Wildman–Crippen MR) is 52.7 cm³/mol.